The maximum atomic E-state index is 10.8. The molecule has 2 rings (SSSR count). The molecular weight excluding hydrogens is 178 g/mol. The van der Waals surface area contributed by atoms with Crippen molar-refractivity contribution >= 4 is 11.7 Å². The minimum Gasteiger partial charge on any atom is -0.366 e. The second kappa shape index (κ2) is 3.65. The first-order valence-electron chi connectivity index (χ1n) is 4.78. The van der Waals surface area contributed by atoms with Crippen molar-refractivity contribution in [3.8, 4) is 0 Å². The van der Waals surface area contributed by atoms with Gasteiger partial charge in [0.05, 0.1) is 5.56 Å². The number of primary amides is 1. The van der Waals surface area contributed by atoms with Crippen molar-refractivity contribution in [1.82, 2.24) is 4.98 Å². The summed E-state index contributed by atoms with van der Waals surface area (Å²) >= 11 is 0. The number of nitrogens with two attached hydrogens (primary N) is 1. The molecule has 2 heterocycles. The number of nitrogens with zero attached hydrogens (tertiary/aromatic N) is 2. The zero-order valence-corrected chi connectivity index (χ0v) is 7.94. The fourth-order valence-corrected chi connectivity index (χ4v) is 1.67. The molecule has 76 valence electrons. The Morgan fingerprint density at radius 1 is 1.43 bits per heavy atom. The number of amides is 1. The van der Waals surface area contributed by atoms with E-state index >= 15 is 0 Å². The fraction of sp³-hybridized carbons (Fsp3) is 0.400. The van der Waals surface area contributed by atoms with Crippen molar-refractivity contribution in [3.05, 3.63) is 23.9 Å². The number of aromatic nitrogens is 1. The van der Waals surface area contributed by atoms with Crippen molar-refractivity contribution in [2.24, 2.45) is 5.73 Å². The summed E-state index contributed by atoms with van der Waals surface area (Å²) in [5, 5.41) is 0. The van der Waals surface area contributed by atoms with Gasteiger partial charge in [0.1, 0.15) is 5.82 Å². The summed E-state index contributed by atoms with van der Waals surface area (Å²) in [6.45, 7) is 2.12. The molecule has 4 heteroatoms. The van der Waals surface area contributed by atoms with Gasteiger partial charge in [-0.15, -0.1) is 0 Å². The quantitative estimate of drug-likeness (QED) is 0.763. The van der Waals surface area contributed by atoms with Crippen LogP contribution in [0.4, 0.5) is 5.82 Å². The summed E-state index contributed by atoms with van der Waals surface area (Å²) in [6.07, 6.45) is 3.98. The normalized spacial score (nSPS) is 15.9. The predicted octanol–water partition coefficient (Wildman–Crippen LogP) is 1.03. The highest BCUT2D eigenvalue weighted by Gasteiger charge is 2.13. The number of hydrogen-bond acceptors (Lipinski definition) is 3. The van der Waals surface area contributed by atoms with Gasteiger partial charge >= 0.3 is 0 Å². The van der Waals surface area contributed by atoms with Gasteiger partial charge in [-0.2, -0.15) is 0 Å². The van der Waals surface area contributed by atoms with E-state index in [0.29, 0.717) is 5.56 Å². The highest BCUT2D eigenvalue weighted by Crippen LogP contribution is 2.17. The van der Waals surface area contributed by atoms with Crippen LogP contribution in [-0.4, -0.2) is 24.0 Å². The van der Waals surface area contributed by atoms with E-state index in [4.69, 9.17) is 5.73 Å². The Bertz CT molecular complexity index is 333. The van der Waals surface area contributed by atoms with Crippen LogP contribution in [0.1, 0.15) is 24.6 Å². The van der Waals surface area contributed by atoms with Crippen LogP contribution in [0.3, 0.4) is 0 Å². The standard InChI is InChI=1S/C10H13N3O.H2/c11-10(14)8-3-4-9(12-7-8)13-5-1-2-6-13;/h3-4,7H,1-2,5-6H2,(H2,11,14);1H. The lowest BCUT2D eigenvalue weighted by atomic mass is 10.2. The van der Waals surface area contributed by atoms with Crippen LogP contribution in [0.2, 0.25) is 0 Å². The fourth-order valence-electron chi connectivity index (χ4n) is 1.67. The van der Waals surface area contributed by atoms with E-state index < -0.39 is 5.91 Å². The molecule has 1 aliphatic heterocycles. The Morgan fingerprint density at radius 3 is 2.64 bits per heavy atom. The molecule has 1 saturated heterocycles. The first kappa shape index (κ1) is 8.99. The van der Waals surface area contributed by atoms with Crippen molar-refractivity contribution in [2.75, 3.05) is 18.0 Å². The molecule has 1 aromatic heterocycles. The molecule has 1 fully saturated rings. The molecule has 1 aliphatic rings. The molecule has 1 aromatic rings. The van der Waals surface area contributed by atoms with Crippen molar-refractivity contribution in [2.45, 2.75) is 12.8 Å². The van der Waals surface area contributed by atoms with Crippen molar-refractivity contribution in [3.63, 3.8) is 0 Å². The van der Waals surface area contributed by atoms with Gasteiger partial charge in [0, 0.05) is 20.7 Å². The van der Waals surface area contributed by atoms with Crippen molar-refractivity contribution < 1.29 is 6.22 Å². The second-order valence-electron chi connectivity index (χ2n) is 3.46. The Hall–Kier alpha value is -1.58. The van der Waals surface area contributed by atoms with Crippen LogP contribution in [0, 0.1) is 0 Å². The lowest BCUT2D eigenvalue weighted by molar-refractivity contribution is 0.1000. The van der Waals surface area contributed by atoms with Crippen LogP contribution >= 0.6 is 0 Å². The molecule has 2 N–H and O–H groups in total. The number of hydrogen-bond donors (Lipinski definition) is 1. The molecule has 0 atom stereocenters. The summed E-state index contributed by atoms with van der Waals surface area (Å²) in [4.78, 5) is 17.2. The van der Waals surface area contributed by atoms with Crippen LogP contribution < -0.4 is 10.6 Å². The summed E-state index contributed by atoms with van der Waals surface area (Å²) in [7, 11) is 0. The molecule has 0 aromatic carbocycles. The SMILES string of the molecule is NC(=O)c1ccc(N2CCCC2)nc1.[HH]. The molecule has 0 radical (unpaired) electrons. The number of carbonyl (C=O) groups excluding carboxylic acids is 1. The van der Waals surface area contributed by atoms with Gasteiger partial charge in [-0.05, 0) is 25.0 Å². The minimum absolute atomic E-state index is 0. The highest BCUT2D eigenvalue weighted by atomic mass is 16.1. The summed E-state index contributed by atoms with van der Waals surface area (Å²) in [6, 6.07) is 3.58. The van der Waals surface area contributed by atoms with Crippen molar-refractivity contribution in [1.29, 1.82) is 0 Å². The van der Waals surface area contributed by atoms with Crippen LogP contribution in [0.15, 0.2) is 18.3 Å². The Balaban J connectivity index is 0.00000112. The van der Waals surface area contributed by atoms with Gasteiger partial charge in [-0.1, -0.05) is 0 Å². The second-order valence-corrected chi connectivity index (χ2v) is 3.46. The van der Waals surface area contributed by atoms with E-state index in [2.05, 4.69) is 9.88 Å². The zero-order chi connectivity index (χ0) is 9.97. The molecule has 0 saturated carbocycles. The van der Waals surface area contributed by atoms with Gasteiger partial charge in [-0.3, -0.25) is 4.79 Å². The predicted molar refractivity (Wildman–Crippen MR) is 56.3 cm³/mol. The number of anilines is 1. The highest BCUT2D eigenvalue weighted by molar-refractivity contribution is 5.92. The molecular formula is C10H15N3O. The largest absolute Gasteiger partial charge is 0.366 e. The van der Waals surface area contributed by atoms with Crippen LogP contribution in [0.25, 0.3) is 0 Å². The lowest BCUT2D eigenvalue weighted by Crippen LogP contribution is -2.19. The van der Waals surface area contributed by atoms with E-state index in [1.807, 2.05) is 6.07 Å². The topological polar surface area (TPSA) is 59.2 Å². The molecule has 14 heavy (non-hydrogen) atoms. The minimum atomic E-state index is -0.425. The maximum Gasteiger partial charge on any atom is 0.250 e. The Kier molecular flexibility index (Phi) is 2.35. The number of rotatable bonds is 2. The van der Waals surface area contributed by atoms with Gasteiger partial charge in [0.2, 0.25) is 5.91 Å². The van der Waals surface area contributed by atoms with E-state index in [1.54, 1.807) is 6.07 Å². The van der Waals surface area contributed by atoms with Crippen LogP contribution in [-0.2, 0) is 0 Å². The summed E-state index contributed by atoms with van der Waals surface area (Å²) < 4.78 is 0. The smallest absolute Gasteiger partial charge is 0.250 e. The van der Waals surface area contributed by atoms with Crippen LogP contribution in [0.5, 0.6) is 0 Å². The van der Waals surface area contributed by atoms with E-state index in [9.17, 15) is 4.79 Å². The van der Waals surface area contributed by atoms with Gasteiger partial charge < -0.3 is 10.6 Å². The third-order valence-electron chi connectivity index (χ3n) is 2.46. The zero-order valence-electron chi connectivity index (χ0n) is 7.94. The van der Waals surface area contributed by atoms with E-state index in [-0.39, 0.29) is 1.43 Å². The molecule has 0 bridgehead atoms. The first-order valence-corrected chi connectivity index (χ1v) is 4.78. The molecule has 1 amide bonds. The monoisotopic (exact) mass is 193 g/mol. The Labute approximate surface area is 84.2 Å². The summed E-state index contributed by atoms with van der Waals surface area (Å²) in [5.74, 6) is 0.512. The summed E-state index contributed by atoms with van der Waals surface area (Å²) in [5.41, 5.74) is 5.59. The van der Waals surface area contributed by atoms with Gasteiger partial charge in [0.15, 0.2) is 0 Å². The average Bonchev–Trinajstić information content (AvgIpc) is 2.71. The molecule has 0 aliphatic carbocycles. The first-order chi connectivity index (χ1) is 6.77. The van der Waals surface area contributed by atoms with E-state index in [1.165, 1.54) is 19.0 Å². The van der Waals surface area contributed by atoms with E-state index in [0.717, 1.165) is 18.9 Å². The number of carbonyl (C=O) groups is 1. The molecule has 4 nitrogen and oxygen atoms in total. The number of pyridine rings is 1. The third kappa shape index (κ3) is 1.69. The van der Waals surface area contributed by atoms with Gasteiger partial charge in [0.25, 0.3) is 0 Å². The molecule has 0 spiro atoms. The molecule has 0 unspecified atom stereocenters. The maximum absolute atomic E-state index is 10.8. The Morgan fingerprint density at radius 2 is 2.14 bits per heavy atom. The lowest BCUT2D eigenvalue weighted by Gasteiger charge is -2.15. The van der Waals surface area contributed by atoms with Gasteiger partial charge in [-0.25, -0.2) is 4.98 Å². The third-order valence-corrected chi connectivity index (χ3v) is 2.46. The average molecular weight is 193 g/mol.